The summed E-state index contributed by atoms with van der Waals surface area (Å²) >= 11 is 0. The van der Waals surface area contributed by atoms with Crippen LogP contribution in [0.5, 0.6) is 0 Å². The van der Waals surface area contributed by atoms with Crippen molar-refractivity contribution in [1.82, 2.24) is 15.2 Å². The second-order valence-electron chi connectivity index (χ2n) is 7.86. The molecular formula is C21H30N6O2. The number of nitrogens with two attached hydrogens (primary N) is 1. The first-order valence-corrected chi connectivity index (χ1v) is 10.6. The second kappa shape index (κ2) is 8.71. The fourth-order valence-electron chi connectivity index (χ4n) is 4.62. The molecule has 1 aromatic carbocycles. The van der Waals surface area contributed by atoms with Gasteiger partial charge in [-0.25, -0.2) is 0 Å². The van der Waals surface area contributed by atoms with Crippen LogP contribution in [0.4, 0.5) is 0 Å². The number of benzene rings is 1. The van der Waals surface area contributed by atoms with E-state index < -0.39 is 0 Å². The average molecular weight is 399 g/mol. The molecule has 0 radical (unpaired) electrons. The summed E-state index contributed by atoms with van der Waals surface area (Å²) < 4.78 is 0. The standard InChI is InChI=1S/C21H30N6O2/c1-2-26-20(28)16-10-6-7-11-17(16)27-19(23-24-21(26)27)14-29-25-18(22)13-12-15-8-4-3-5-9-15/h3-5,8-9,16-17,21,24H,2,6-7,10-14H2,1H3,(H2,22,25). The Morgan fingerprint density at radius 1 is 1.31 bits per heavy atom. The molecule has 4 rings (SSSR count). The first kappa shape index (κ1) is 19.5. The maximum Gasteiger partial charge on any atom is 0.230 e. The number of amidine groups is 2. The molecule has 29 heavy (non-hydrogen) atoms. The fraction of sp³-hybridized carbons (Fsp3) is 0.571. The Hall–Kier alpha value is -2.77. The minimum Gasteiger partial charge on any atom is -0.386 e. The molecule has 2 fully saturated rings. The summed E-state index contributed by atoms with van der Waals surface area (Å²) in [7, 11) is 0. The molecule has 2 heterocycles. The largest absolute Gasteiger partial charge is 0.386 e. The fourth-order valence-corrected chi connectivity index (χ4v) is 4.62. The average Bonchev–Trinajstić information content (AvgIpc) is 3.17. The number of nitrogens with zero attached hydrogens (tertiary/aromatic N) is 4. The predicted molar refractivity (Wildman–Crippen MR) is 112 cm³/mol. The van der Waals surface area contributed by atoms with Crippen molar-refractivity contribution in [2.75, 3.05) is 13.2 Å². The van der Waals surface area contributed by atoms with E-state index in [1.54, 1.807) is 0 Å². The highest BCUT2D eigenvalue weighted by atomic mass is 16.6. The number of carbonyl (C=O) groups excluding carboxylic acids is 1. The summed E-state index contributed by atoms with van der Waals surface area (Å²) in [6, 6.07) is 10.4. The van der Waals surface area contributed by atoms with Crippen molar-refractivity contribution >= 4 is 17.6 Å². The molecule has 8 heteroatoms. The zero-order valence-electron chi connectivity index (χ0n) is 17.0. The molecule has 3 unspecified atom stereocenters. The molecule has 1 aliphatic carbocycles. The van der Waals surface area contributed by atoms with Crippen LogP contribution in [0.1, 0.15) is 44.6 Å². The molecule has 8 nitrogen and oxygen atoms in total. The predicted octanol–water partition coefficient (Wildman–Crippen LogP) is 1.83. The lowest BCUT2D eigenvalue weighted by atomic mass is 9.81. The zero-order valence-corrected chi connectivity index (χ0v) is 17.0. The molecule has 2 aliphatic heterocycles. The Kier molecular flexibility index (Phi) is 5.87. The third kappa shape index (κ3) is 4.02. The van der Waals surface area contributed by atoms with Gasteiger partial charge in [0.2, 0.25) is 5.91 Å². The summed E-state index contributed by atoms with van der Waals surface area (Å²) in [4.78, 5) is 22.5. The van der Waals surface area contributed by atoms with E-state index in [1.165, 1.54) is 5.56 Å². The lowest BCUT2D eigenvalue weighted by Crippen LogP contribution is -2.67. The van der Waals surface area contributed by atoms with Crippen LogP contribution in [-0.2, 0) is 16.1 Å². The molecule has 0 bridgehead atoms. The summed E-state index contributed by atoms with van der Waals surface area (Å²) in [6.07, 6.45) is 5.46. The highest BCUT2D eigenvalue weighted by Crippen LogP contribution is 2.37. The van der Waals surface area contributed by atoms with Gasteiger partial charge in [0.1, 0.15) is 5.84 Å². The van der Waals surface area contributed by atoms with Crippen LogP contribution in [0.2, 0.25) is 0 Å². The highest BCUT2D eigenvalue weighted by molar-refractivity contribution is 5.89. The first-order chi connectivity index (χ1) is 14.2. The van der Waals surface area contributed by atoms with E-state index in [4.69, 9.17) is 10.6 Å². The first-order valence-electron chi connectivity index (χ1n) is 10.6. The molecule has 3 aliphatic rings. The van der Waals surface area contributed by atoms with E-state index in [-0.39, 0.29) is 30.8 Å². The Balaban J connectivity index is 1.36. The lowest BCUT2D eigenvalue weighted by molar-refractivity contribution is -0.155. The van der Waals surface area contributed by atoms with Gasteiger partial charge in [-0.3, -0.25) is 10.2 Å². The van der Waals surface area contributed by atoms with Crippen molar-refractivity contribution in [3.8, 4) is 0 Å². The SMILES string of the molecule is CCN1C(=O)C2CCCCC2N2C(CO/N=C(\N)CCc3ccccc3)=NNC12. The van der Waals surface area contributed by atoms with Crippen molar-refractivity contribution in [2.24, 2.45) is 21.9 Å². The molecule has 1 saturated carbocycles. The smallest absolute Gasteiger partial charge is 0.230 e. The number of hydrogen-bond donors (Lipinski definition) is 2. The van der Waals surface area contributed by atoms with Crippen molar-refractivity contribution in [2.45, 2.75) is 57.8 Å². The molecular weight excluding hydrogens is 368 g/mol. The Labute approximate surface area is 171 Å². The van der Waals surface area contributed by atoms with E-state index in [9.17, 15) is 4.79 Å². The van der Waals surface area contributed by atoms with Gasteiger partial charge in [0, 0.05) is 19.0 Å². The Morgan fingerprint density at radius 2 is 2.10 bits per heavy atom. The quantitative estimate of drug-likeness (QED) is 0.415. The van der Waals surface area contributed by atoms with Gasteiger partial charge >= 0.3 is 0 Å². The maximum atomic E-state index is 12.9. The number of hydrogen-bond acceptors (Lipinski definition) is 6. The summed E-state index contributed by atoms with van der Waals surface area (Å²) in [5, 5.41) is 8.54. The molecule has 1 amide bonds. The number of aryl methyl sites for hydroxylation is 1. The lowest BCUT2D eigenvalue weighted by Gasteiger charge is -2.50. The molecule has 1 saturated heterocycles. The molecule has 0 aromatic heterocycles. The Bertz CT molecular complexity index is 781. The topological polar surface area (TPSA) is 95.5 Å². The molecule has 3 N–H and O–H groups in total. The Morgan fingerprint density at radius 3 is 2.90 bits per heavy atom. The van der Waals surface area contributed by atoms with Gasteiger partial charge in [-0.2, -0.15) is 5.10 Å². The normalized spacial score (nSPS) is 26.5. The van der Waals surface area contributed by atoms with Crippen LogP contribution in [0.15, 0.2) is 40.6 Å². The van der Waals surface area contributed by atoms with Gasteiger partial charge in [-0.15, -0.1) is 0 Å². The molecule has 1 aromatic rings. The third-order valence-corrected chi connectivity index (χ3v) is 6.08. The summed E-state index contributed by atoms with van der Waals surface area (Å²) in [5.41, 5.74) is 10.3. The number of fused-ring (bicyclic) bond motifs is 3. The monoisotopic (exact) mass is 398 g/mol. The van der Waals surface area contributed by atoms with E-state index in [0.717, 1.165) is 37.9 Å². The van der Waals surface area contributed by atoms with Gasteiger partial charge in [0.05, 0.1) is 5.92 Å². The summed E-state index contributed by atoms with van der Waals surface area (Å²) in [6.45, 7) is 2.90. The molecule has 3 atom stereocenters. The number of oxime groups is 1. The van der Waals surface area contributed by atoms with Gasteiger partial charge in [0.15, 0.2) is 18.7 Å². The van der Waals surface area contributed by atoms with Crippen molar-refractivity contribution in [3.05, 3.63) is 35.9 Å². The number of carbonyl (C=O) groups is 1. The molecule has 0 spiro atoms. The number of amides is 1. The van der Waals surface area contributed by atoms with Crippen LogP contribution in [0.25, 0.3) is 0 Å². The minimum absolute atomic E-state index is 0.0458. The minimum atomic E-state index is -0.218. The second-order valence-corrected chi connectivity index (χ2v) is 7.86. The number of nitrogens with one attached hydrogen (secondary N) is 1. The number of hydrazone groups is 1. The van der Waals surface area contributed by atoms with E-state index in [2.05, 4.69) is 32.7 Å². The van der Waals surface area contributed by atoms with Crippen LogP contribution in [0, 0.1) is 5.92 Å². The van der Waals surface area contributed by atoms with Gasteiger partial charge < -0.3 is 20.4 Å². The van der Waals surface area contributed by atoms with Crippen molar-refractivity contribution < 1.29 is 9.63 Å². The van der Waals surface area contributed by atoms with Crippen molar-refractivity contribution in [1.29, 1.82) is 0 Å². The highest BCUT2D eigenvalue weighted by Gasteiger charge is 2.50. The number of rotatable bonds is 7. The van der Waals surface area contributed by atoms with E-state index in [1.807, 2.05) is 30.0 Å². The van der Waals surface area contributed by atoms with Gasteiger partial charge in [-0.05, 0) is 31.7 Å². The third-order valence-electron chi connectivity index (χ3n) is 6.08. The van der Waals surface area contributed by atoms with Crippen molar-refractivity contribution in [3.63, 3.8) is 0 Å². The van der Waals surface area contributed by atoms with Crippen LogP contribution in [0.3, 0.4) is 0 Å². The summed E-state index contributed by atoms with van der Waals surface area (Å²) in [5.74, 6) is 1.55. The van der Waals surface area contributed by atoms with Gasteiger partial charge in [-0.1, -0.05) is 48.3 Å². The zero-order chi connectivity index (χ0) is 20.2. The van der Waals surface area contributed by atoms with E-state index >= 15 is 0 Å². The van der Waals surface area contributed by atoms with E-state index in [0.29, 0.717) is 18.8 Å². The van der Waals surface area contributed by atoms with Crippen LogP contribution in [-0.4, -0.2) is 52.9 Å². The van der Waals surface area contributed by atoms with Crippen LogP contribution < -0.4 is 11.2 Å². The maximum absolute atomic E-state index is 12.9. The van der Waals surface area contributed by atoms with Gasteiger partial charge in [0.25, 0.3) is 0 Å². The molecule has 156 valence electrons. The van der Waals surface area contributed by atoms with Crippen LogP contribution >= 0.6 is 0 Å².